The Hall–Kier alpha value is -0.610. The Morgan fingerprint density at radius 3 is 2.67 bits per heavy atom. The summed E-state index contributed by atoms with van der Waals surface area (Å²) in [7, 11) is 3.46. The molecule has 1 heterocycles. The number of hydrazine groups is 1. The summed E-state index contributed by atoms with van der Waals surface area (Å²) >= 11 is 0. The zero-order chi connectivity index (χ0) is 6.91. The molecule has 0 spiro atoms. The molecule has 4 nitrogen and oxygen atoms in total. The van der Waals surface area contributed by atoms with E-state index in [4.69, 9.17) is 4.74 Å². The van der Waals surface area contributed by atoms with Gasteiger partial charge in [-0.25, -0.2) is 5.12 Å². The summed E-state index contributed by atoms with van der Waals surface area (Å²) in [5.41, 5.74) is 2.56. The van der Waals surface area contributed by atoms with Crippen LogP contribution in [0, 0.1) is 0 Å². The largest absolute Gasteiger partial charge is 0.357 e. The fourth-order valence-corrected chi connectivity index (χ4v) is 0.674. The minimum Gasteiger partial charge on any atom is -0.357 e. The van der Waals surface area contributed by atoms with Gasteiger partial charge in [-0.1, -0.05) is 0 Å². The average molecular weight is 129 g/mol. The Labute approximate surface area is 54.5 Å². The number of methoxy groups -OCH3 is 1. The molecule has 1 unspecified atom stereocenters. The number of hydrogen-bond donors (Lipinski definition) is 1. The fourth-order valence-electron chi connectivity index (χ4n) is 0.674. The summed E-state index contributed by atoms with van der Waals surface area (Å²) in [6.07, 6.45) is 1.72. The van der Waals surface area contributed by atoms with E-state index in [-0.39, 0.29) is 0 Å². The molecular formula is C5H11N3O. The van der Waals surface area contributed by atoms with E-state index in [2.05, 4.69) is 10.5 Å². The second-order valence-corrected chi connectivity index (χ2v) is 2.19. The third-order valence-corrected chi connectivity index (χ3v) is 1.29. The highest BCUT2D eigenvalue weighted by Gasteiger charge is 2.26. The maximum Gasteiger partial charge on any atom is 0.171 e. The Morgan fingerprint density at radius 1 is 1.78 bits per heavy atom. The van der Waals surface area contributed by atoms with Gasteiger partial charge in [0.05, 0.1) is 6.21 Å². The van der Waals surface area contributed by atoms with Crippen molar-refractivity contribution in [1.29, 1.82) is 0 Å². The van der Waals surface area contributed by atoms with E-state index >= 15 is 0 Å². The number of hydrazone groups is 1. The summed E-state index contributed by atoms with van der Waals surface area (Å²) in [6.45, 7) is 1.90. The van der Waals surface area contributed by atoms with E-state index in [1.54, 1.807) is 18.4 Å². The fraction of sp³-hybridized carbons (Fsp3) is 0.800. The lowest BCUT2D eigenvalue weighted by molar-refractivity contribution is 0.00222. The van der Waals surface area contributed by atoms with Crippen LogP contribution in [-0.2, 0) is 4.74 Å². The van der Waals surface area contributed by atoms with E-state index < -0.39 is 5.72 Å². The van der Waals surface area contributed by atoms with Gasteiger partial charge in [0, 0.05) is 14.2 Å². The zero-order valence-corrected chi connectivity index (χ0v) is 5.88. The van der Waals surface area contributed by atoms with Gasteiger partial charge >= 0.3 is 0 Å². The maximum atomic E-state index is 5.07. The number of rotatable bonds is 1. The molecule has 0 aromatic rings. The highest BCUT2D eigenvalue weighted by molar-refractivity contribution is 5.68. The van der Waals surface area contributed by atoms with Crippen LogP contribution in [0.25, 0.3) is 0 Å². The first kappa shape index (κ1) is 6.51. The Balaban J connectivity index is 2.57. The van der Waals surface area contributed by atoms with Gasteiger partial charge < -0.3 is 4.74 Å². The van der Waals surface area contributed by atoms with Gasteiger partial charge in [-0.05, 0) is 6.92 Å². The molecule has 0 fully saturated rings. The summed E-state index contributed by atoms with van der Waals surface area (Å²) < 4.78 is 5.07. The van der Waals surface area contributed by atoms with Crippen LogP contribution in [0.5, 0.6) is 0 Å². The second-order valence-electron chi connectivity index (χ2n) is 2.19. The summed E-state index contributed by atoms with van der Waals surface area (Å²) in [5, 5.41) is 5.55. The van der Waals surface area contributed by atoms with Gasteiger partial charge in [0.1, 0.15) is 0 Å². The molecular weight excluding hydrogens is 118 g/mol. The van der Waals surface area contributed by atoms with Crippen molar-refractivity contribution in [2.75, 3.05) is 14.2 Å². The van der Waals surface area contributed by atoms with Crippen LogP contribution >= 0.6 is 0 Å². The van der Waals surface area contributed by atoms with Crippen LogP contribution in [0.4, 0.5) is 0 Å². The molecule has 9 heavy (non-hydrogen) atoms. The molecule has 0 amide bonds. The van der Waals surface area contributed by atoms with Crippen molar-refractivity contribution in [3.05, 3.63) is 0 Å². The quantitative estimate of drug-likeness (QED) is 0.532. The molecule has 1 aliphatic heterocycles. The Morgan fingerprint density at radius 2 is 2.44 bits per heavy atom. The second kappa shape index (κ2) is 1.97. The lowest BCUT2D eigenvalue weighted by Crippen LogP contribution is -2.45. The predicted molar refractivity (Wildman–Crippen MR) is 34.8 cm³/mol. The standard InChI is InChI=1S/C5H11N3O/c1-5(9-3)4-6-8(2)7-5/h4,7H,1-3H3. The monoisotopic (exact) mass is 129 g/mol. The highest BCUT2D eigenvalue weighted by Crippen LogP contribution is 2.06. The summed E-state index contributed by atoms with van der Waals surface area (Å²) in [6, 6.07) is 0. The minimum absolute atomic E-state index is 0.408. The first-order valence-corrected chi connectivity index (χ1v) is 2.78. The van der Waals surface area contributed by atoms with Crippen LogP contribution in [0.15, 0.2) is 5.10 Å². The Kier molecular flexibility index (Phi) is 1.42. The van der Waals surface area contributed by atoms with Gasteiger partial charge in [-0.3, -0.25) is 0 Å². The molecule has 52 valence electrons. The zero-order valence-electron chi connectivity index (χ0n) is 5.88. The van der Waals surface area contributed by atoms with Crippen LogP contribution < -0.4 is 5.43 Å². The summed E-state index contributed by atoms with van der Waals surface area (Å²) in [5.74, 6) is 0. The number of ether oxygens (including phenoxy) is 1. The van der Waals surface area contributed by atoms with Gasteiger partial charge in [-0.15, -0.1) is 0 Å². The molecule has 0 aliphatic carbocycles. The van der Waals surface area contributed by atoms with Gasteiger partial charge in [0.25, 0.3) is 0 Å². The number of nitrogens with one attached hydrogen (secondary N) is 1. The molecule has 1 N–H and O–H groups in total. The normalized spacial score (nSPS) is 33.9. The lowest BCUT2D eigenvalue weighted by Gasteiger charge is -2.20. The maximum absolute atomic E-state index is 5.07. The molecule has 0 aromatic carbocycles. The molecule has 0 saturated heterocycles. The third-order valence-electron chi connectivity index (χ3n) is 1.29. The molecule has 0 aromatic heterocycles. The van der Waals surface area contributed by atoms with Crippen LogP contribution in [-0.4, -0.2) is 31.2 Å². The van der Waals surface area contributed by atoms with Crippen molar-refractivity contribution in [2.45, 2.75) is 12.6 Å². The van der Waals surface area contributed by atoms with E-state index in [0.29, 0.717) is 0 Å². The summed E-state index contributed by atoms with van der Waals surface area (Å²) in [4.78, 5) is 0. The number of nitrogens with zero attached hydrogens (tertiary/aromatic N) is 2. The van der Waals surface area contributed by atoms with Crippen LogP contribution in [0.3, 0.4) is 0 Å². The van der Waals surface area contributed by atoms with Crippen molar-refractivity contribution >= 4 is 6.21 Å². The van der Waals surface area contributed by atoms with Crippen molar-refractivity contribution in [3.63, 3.8) is 0 Å². The van der Waals surface area contributed by atoms with Crippen molar-refractivity contribution in [3.8, 4) is 0 Å². The molecule has 0 radical (unpaired) electrons. The molecule has 4 heteroatoms. The van der Waals surface area contributed by atoms with Gasteiger partial charge in [-0.2, -0.15) is 10.5 Å². The van der Waals surface area contributed by atoms with Gasteiger partial charge in [0.2, 0.25) is 0 Å². The van der Waals surface area contributed by atoms with E-state index in [1.165, 1.54) is 0 Å². The molecule has 0 bridgehead atoms. The van der Waals surface area contributed by atoms with Crippen molar-refractivity contribution < 1.29 is 4.74 Å². The molecule has 1 atom stereocenters. The van der Waals surface area contributed by atoms with Gasteiger partial charge in [0.15, 0.2) is 5.72 Å². The van der Waals surface area contributed by atoms with Crippen molar-refractivity contribution in [2.24, 2.45) is 5.10 Å². The number of hydrogen-bond acceptors (Lipinski definition) is 4. The van der Waals surface area contributed by atoms with Crippen LogP contribution in [0.1, 0.15) is 6.92 Å². The predicted octanol–water partition coefficient (Wildman–Crippen LogP) is -0.215. The first-order chi connectivity index (χ1) is 4.16. The molecule has 1 rings (SSSR count). The molecule has 0 saturated carbocycles. The lowest BCUT2D eigenvalue weighted by atomic mass is 10.3. The smallest absolute Gasteiger partial charge is 0.171 e. The van der Waals surface area contributed by atoms with E-state index in [0.717, 1.165) is 0 Å². The topological polar surface area (TPSA) is 36.9 Å². The Bertz CT molecular complexity index is 136. The highest BCUT2D eigenvalue weighted by atomic mass is 16.5. The van der Waals surface area contributed by atoms with Crippen molar-refractivity contribution in [1.82, 2.24) is 10.5 Å². The van der Waals surface area contributed by atoms with Crippen LogP contribution in [0.2, 0.25) is 0 Å². The first-order valence-electron chi connectivity index (χ1n) is 2.78. The SMILES string of the molecule is COC1(C)C=NN(C)N1. The van der Waals surface area contributed by atoms with E-state index in [1.807, 2.05) is 14.0 Å². The third kappa shape index (κ3) is 1.20. The molecule has 1 aliphatic rings. The van der Waals surface area contributed by atoms with E-state index in [9.17, 15) is 0 Å². The minimum atomic E-state index is -0.408. The average Bonchev–Trinajstić information content (AvgIpc) is 2.13.